The van der Waals surface area contributed by atoms with Crippen LogP contribution in [0.25, 0.3) is 0 Å². The minimum atomic E-state index is 0.890. The summed E-state index contributed by atoms with van der Waals surface area (Å²) in [6.45, 7) is 9.39. The number of hydrogen-bond donors (Lipinski definition) is 0. The summed E-state index contributed by atoms with van der Waals surface area (Å²) in [5.41, 5.74) is 0. The molecule has 0 saturated heterocycles. The number of unbranched alkanes of at least 4 members (excludes halogenated alkanes) is 5. The van der Waals surface area contributed by atoms with Gasteiger partial charge in [0, 0.05) is 0 Å². The molecule has 0 nitrogen and oxygen atoms in total. The molecular formula is C16H34. The summed E-state index contributed by atoms with van der Waals surface area (Å²) in [5.74, 6) is 1.85. The first-order valence-electron chi connectivity index (χ1n) is 7.66. The molecule has 0 bridgehead atoms. The van der Waals surface area contributed by atoms with Crippen LogP contribution in [0, 0.1) is 11.8 Å². The van der Waals surface area contributed by atoms with Crippen LogP contribution in [0.3, 0.4) is 0 Å². The molecule has 0 aliphatic carbocycles. The van der Waals surface area contributed by atoms with Gasteiger partial charge >= 0.3 is 0 Å². The highest BCUT2D eigenvalue weighted by atomic mass is 14.1. The average molecular weight is 226 g/mol. The van der Waals surface area contributed by atoms with Gasteiger partial charge in [-0.05, 0) is 11.8 Å². The molecule has 0 radical (unpaired) electrons. The first kappa shape index (κ1) is 16.0. The zero-order chi connectivity index (χ0) is 12.2. The summed E-state index contributed by atoms with van der Waals surface area (Å²) in [5, 5.41) is 0. The summed E-state index contributed by atoms with van der Waals surface area (Å²) in [6.07, 6.45) is 14.4. The molecule has 98 valence electrons. The zero-order valence-electron chi connectivity index (χ0n) is 12.2. The van der Waals surface area contributed by atoms with Gasteiger partial charge in [0.05, 0.1) is 0 Å². The normalized spacial score (nSPS) is 13.3. The molecule has 0 unspecified atom stereocenters. The van der Waals surface area contributed by atoms with Crippen molar-refractivity contribution in [3.05, 3.63) is 0 Å². The smallest absolute Gasteiger partial charge is 0.0443 e. The molecule has 0 heteroatoms. The Balaban J connectivity index is 3.14. The third-order valence-electron chi connectivity index (χ3n) is 3.53. The molecular weight excluding hydrogens is 192 g/mol. The third kappa shape index (κ3) is 12.1. The fourth-order valence-corrected chi connectivity index (χ4v) is 2.29. The van der Waals surface area contributed by atoms with Gasteiger partial charge in [0.15, 0.2) is 0 Å². The number of rotatable bonds is 11. The van der Waals surface area contributed by atoms with E-state index in [1.54, 1.807) is 0 Å². The predicted molar refractivity (Wildman–Crippen MR) is 75.8 cm³/mol. The van der Waals surface area contributed by atoms with Crippen LogP contribution >= 0.6 is 0 Å². The van der Waals surface area contributed by atoms with E-state index in [0.29, 0.717) is 0 Å². The van der Waals surface area contributed by atoms with Gasteiger partial charge in [-0.2, -0.15) is 0 Å². The van der Waals surface area contributed by atoms with Crippen LogP contribution in [0.1, 0.15) is 91.9 Å². The highest BCUT2D eigenvalue weighted by molar-refractivity contribution is 4.56. The van der Waals surface area contributed by atoms with Gasteiger partial charge in [-0.15, -0.1) is 0 Å². The second kappa shape index (κ2) is 11.5. The minimum absolute atomic E-state index is 0.890. The van der Waals surface area contributed by atoms with E-state index in [9.17, 15) is 0 Å². The second-order valence-electron chi connectivity index (χ2n) is 5.99. The van der Waals surface area contributed by atoms with Crippen molar-refractivity contribution in [2.24, 2.45) is 11.8 Å². The van der Waals surface area contributed by atoms with Crippen molar-refractivity contribution in [3.63, 3.8) is 0 Å². The van der Waals surface area contributed by atoms with E-state index in [1.807, 2.05) is 0 Å². The molecule has 0 aliphatic heterocycles. The zero-order valence-corrected chi connectivity index (χ0v) is 12.2. The lowest BCUT2D eigenvalue weighted by Crippen LogP contribution is -1.96. The van der Waals surface area contributed by atoms with Crippen LogP contribution < -0.4 is 0 Å². The predicted octanol–water partition coefficient (Wildman–Crippen LogP) is 6.20. The molecule has 0 fully saturated rings. The molecule has 1 atom stereocenters. The monoisotopic (exact) mass is 226 g/mol. The fourth-order valence-electron chi connectivity index (χ4n) is 2.29. The highest BCUT2D eigenvalue weighted by Crippen LogP contribution is 2.18. The summed E-state index contributed by atoms with van der Waals surface area (Å²) >= 11 is 0. The lowest BCUT2D eigenvalue weighted by atomic mass is 9.95. The molecule has 0 N–H and O–H groups in total. The Labute approximate surface area is 104 Å². The van der Waals surface area contributed by atoms with E-state index >= 15 is 0 Å². The maximum atomic E-state index is 2.44. The van der Waals surface area contributed by atoms with Crippen molar-refractivity contribution in [2.75, 3.05) is 0 Å². The summed E-state index contributed by atoms with van der Waals surface area (Å²) in [4.78, 5) is 0. The van der Waals surface area contributed by atoms with E-state index in [2.05, 4.69) is 27.7 Å². The van der Waals surface area contributed by atoms with E-state index < -0.39 is 0 Å². The summed E-state index contributed by atoms with van der Waals surface area (Å²) in [6, 6.07) is 0. The largest absolute Gasteiger partial charge is 0.0654 e. The van der Waals surface area contributed by atoms with Gasteiger partial charge in [-0.3, -0.25) is 0 Å². The molecule has 0 saturated carbocycles. The molecule has 0 aliphatic rings. The van der Waals surface area contributed by atoms with Crippen LogP contribution in [0.5, 0.6) is 0 Å². The van der Waals surface area contributed by atoms with Gasteiger partial charge in [-0.1, -0.05) is 91.9 Å². The van der Waals surface area contributed by atoms with Crippen molar-refractivity contribution in [1.82, 2.24) is 0 Å². The van der Waals surface area contributed by atoms with Gasteiger partial charge in [0.1, 0.15) is 0 Å². The van der Waals surface area contributed by atoms with E-state index in [4.69, 9.17) is 0 Å². The Bertz CT molecular complexity index is 126. The summed E-state index contributed by atoms with van der Waals surface area (Å²) in [7, 11) is 0. The molecule has 16 heavy (non-hydrogen) atoms. The lowest BCUT2D eigenvalue weighted by molar-refractivity contribution is 0.418. The van der Waals surface area contributed by atoms with Gasteiger partial charge in [0.2, 0.25) is 0 Å². The second-order valence-corrected chi connectivity index (χ2v) is 5.99. The van der Waals surface area contributed by atoms with Crippen LogP contribution in [0.2, 0.25) is 0 Å². The van der Waals surface area contributed by atoms with Crippen LogP contribution in [0.4, 0.5) is 0 Å². The quantitative estimate of drug-likeness (QED) is 0.368. The Hall–Kier alpha value is 0. The molecule has 0 spiro atoms. The molecule has 0 rings (SSSR count). The van der Waals surface area contributed by atoms with Crippen molar-refractivity contribution in [1.29, 1.82) is 0 Å². The number of hydrogen-bond acceptors (Lipinski definition) is 0. The average Bonchev–Trinajstić information content (AvgIpc) is 2.22. The maximum Gasteiger partial charge on any atom is -0.0443 e. The molecule has 0 heterocycles. The summed E-state index contributed by atoms with van der Waals surface area (Å²) < 4.78 is 0. The minimum Gasteiger partial charge on any atom is -0.0654 e. The Kier molecular flexibility index (Phi) is 11.5. The Morgan fingerprint density at radius 1 is 0.625 bits per heavy atom. The van der Waals surface area contributed by atoms with Gasteiger partial charge < -0.3 is 0 Å². The first-order chi connectivity index (χ1) is 7.66. The van der Waals surface area contributed by atoms with Crippen LogP contribution in [0.15, 0.2) is 0 Å². The van der Waals surface area contributed by atoms with Crippen molar-refractivity contribution in [3.8, 4) is 0 Å². The molecule has 0 aromatic carbocycles. The lowest BCUT2D eigenvalue weighted by Gasteiger charge is -2.12. The standard InChI is InChI=1S/C16H34/c1-5-6-7-8-9-10-13-16(4)14-11-12-15(2)3/h15-16H,5-14H2,1-4H3/t16-/m1/s1. The van der Waals surface area contributed by atoms with Crippen LogP contribution in [-0.4, -0.2) is 0 Å². The van der Waals surface area contributed by atoms with Crippen molar-refractivity contribution in [2.45, 2.75) is 91.9 Å². The third-order valence-corrected chi connectivity index (χ3v) is 3.53. The van der Waals surface area contributed by atoms with Gasteiger partial charge in [0.25, 0.3) is 0 Å². The van der Waals surface area contributed by atoms with Crippen LogP contribution in [-0.2, 0) is 0 Å². The van der Waals surface area contributed by atoms with E-state index in [0.717, 1.165) is 11.8 Å². The highest BCUT2D eigenvalue weighted by Gasteiger charge is 2.02. The molecule has 0 aromatic heterocycles. The van der Waals surface area contributed by atoms with Crippen molar-refractivity contribution < 1.29 is 0 Å². The Morgan fingerprint density at radius 3 is 1.81 bits per heavy atom. The van der Waals surface area contributed by atoms with Crippen molar-refractivity contribution >= 4 is 0 Å². The fraction of sp³-hybridized carbons (Fsp3) is 1.00. The molecule has 0 aromatic rings. The first-order valence-corrected chi connectivity index (χ1v) is 7.66. The van der Waals surface area contributed by atoms with Gasteiger partial charge in [-0.25, -0.2) is 0 Å². The van der Waals surface area contributed by atoms with E-state index in [-0.39, 0.29) is 0 Å². The van der Waals surface area contributed by atoms with E-state index in [1.165, 1.54) is 64.2 Å². The maximum absolute atomic E-state index is 2.44. The molecule has 0 amide bonds. The Morgan fingerprint density at radius 2 is 1.19 bits per heavy atom. The SMILES string of the molecule is CCCCCCCC[C@@H](C)CCCC(C)C. The topological polar surface area (TPSA) is 0 Å².